The zero-order chi connectivity index (χ0) is 24.9. The molecule has 3 aromatic carbocycles. The second-order valence-electron chi connectivity index (χ2n) is 9.11. The summed E-state index contributed by atoms with van der Waals surface area (Å²) in [7, 11) is 0. The van der Waals surface area contributed by atoms with E-state index in [0.717, 1.165) is 60.4 Å². The van der Waals surface area contributed by atoms with Gasteiger partial charge in [-0.15, -0.1) is 0 Å². The Morgan fingerprint density at radius 1 is 1.00 bits per heavy atom. The van der Waals surface area contributed by atoms with Crippen LogP contribution in [0, 0.1) is 13.8 Å². The maximum absolute atomic E-state index is 13.8. The van der Waals surface area contributed by atoms with Gasteiger partial charge in [-0.1, -0.05) is 35.6 Å². The molecule has 1 fully saturated rings. The standard InChI is InChI=1S/C29H31N3O3S/c1-21-18-26-27(19-22(21)2)36-29(30-26)32(13-7-12-31-14-16-34-17-15-31)28(33)23-8-6-11-25(20-23)35-24-9-4-3-5-10-24/h3-6,8-11,18-20H,7,12-17H2,1-2H3. The number of fused-ring (bicyclic) bond motifs is 1. The van der Waals surface area contributed by atoms with Crippen LogP contribution in [0.3, 0.4) is 0 Å². The van der Waals surface area contributed by atoms with Gasteiger partial charge in [-0.2, -0.15) is 0 Å². The van der Waals surface area contributed by atoms with Gasteiger partial charge in [-0.05, 0) is 73.9 Å². The number of aromatic nitrogens is 1. The summed E-state index contributed by atoms with van der Waals surface area (Å²) in [5, 5.41) is 0.733. The molecular formula is C29H31N3O3S. The first-order chi connectivity index (χ1) is 17.6. The highest BCUT2D eigenvalue weighted by molar-refractivity contribution is 7.22. The molecule has 0 spiro atoms. The lowest BCUT2D eigenvalue weighted by Gasteiger charge is -2.27. The number of ether oxygens (including phenoxy) is 2. The maximum atomic E-state index is 13.8. The SMILES string of the molecule is Cc1cc2nc(N(CCCN3CCOCC3)C(=O)c3cccc(Oc4ccccc4)c3)sc2cc1C. The number of aryl methyl sites for hydroxylation is 2. The average molecular weight is 502 g/mol. The second-order valence-corrected chi connectivity index (χ2v) is 10.1. The zero-order valence-electron chi connectivity index (χ0n) is 20.8. The Labute approximate surface area is 216 Å². The summed E-state index contributed by atoms with van der Waals surface area (Å²) in [4.78, 5) is 22.9. The van der Waals surface area contributed by atoms with Crippen LogP contribution < -0.4 is 9.64 Å². The van der Waals surface area contributed by atoms with Crippen LogP contribution in [0.25, 0.3) is 10.2 Å². The van der Waals surface area contributed by atoms with Gasteiger partial charge in [-0.3, -0.25) is 14.6 Å². The van der Waals surface area contributed by atoms with Gasteiger partial charge in [0.25, 0.3) is 5.91 Å². The van der Waals surface area contributed by atoms with E-state index < -0.39 is 0 Å². The lowest BCUT2D eigenvalue weighted by atomic mass is 10.1. The molecule has 5 rings (SSSR count). The fraction of sp³-hybridized carbons (Fsp3) is 0.310. The summed E-state index contributed by atoms with van der Waals surface area (Å²) in [6.45, 7) is 9.14. The number of carbonyl (C=O) groups is 1. The lowest BCUT2D eigenvalue weighted by Crippen LogP contribution is -2.39. The van der Waals surface area contributed by atoms with Gasteiger partial charge in [0.2, 0.25) is 0 Å². The van der Waals surface area contributed by atoms with E-state index in [1.807, 2.05) is 59.5 Å². The van der Waals surface area contributed by atoms with E-state index in [4.69, 9.17) is 14.5 Å². The van der Waals surface area contributed by atoms with E-state index in [-0.39, 0.29) is 5.91 Å². The topological polar surface area (TPSA) is 54.9 Å². The molecule has 36 heavy (non-hydrogen) atoms. The van der Waals surface area contributed by atoms with Crippen LogP contribution in [-0.2, 0) is 4.74 Å². The Morgan fingerprint density at radius 3 is 2.56 bits per heavy atom. The van der Waals surface area contributed by atoms with E-state index in [0.29, 0.717) is 17.9 Å². The van der Waals surface area contributed by atoms with Gasteiger partial charge in [-0.25, -0.2) is 4.98 Å². The minimum Gasteiger partial charge on any atom is -0.457 e. The van der Waals surface area contributed by atoms with Gasteiger partial charge < -0.3 is 9.47 Å². The summed E-state index contributed by atoms with van der Waals surface area (Å²) in [6, 6.07) is 21.3. The van der Waals surface area contributed by atoms with Crippen molar-refractivity contribution >= 4 is 32.6 Å². The van der Waals surface area contributed by atoms with Crippen molar-refractivity contribution in [1.82, 2.24) is 9.88 Å². The van der Waals surface area contributed by atoms with Crippen LogP contribution in [0.4, 0.5) is 5.13 Å². The van der Waals surface area contributed by atoms with Gasteiger partial charge in [0.05, 0.1) is 23.4 Å². The molecule has 0 radical (unpaired) electrons. The Morgan fingerprint density at radius 2 is 1.75 bits per heavy atom. The fourth-order valence-electron chi connectivity index (χ4n) is 4.32. The highest BCUT2D eigenvalue weighted by atomic mass is 32.1. The molecular weight excluding hydrogens is 470 g/mol. The average Bonchev–Trinajstić information content (AvgIpc) is 3.30. The number of carbonyl (C=O) groups excluding carboxylic acids is 1. The van der Waals surface area contributed by atoms with Crippen LogP contribution in [0.5, 0.6) is 11.5 Å². The number of nitrogens with zero attached hydrogens (tertiary/aromatic N) is 3. The quantitative estimate of drug-likeness (QED) is 0.293. The van der Waals surface area contributed by atoms with Crippen LogP contribution >= 0.6 is 11.3 Å². The van der Waals surface area contributed by atoms with E-state index >= 15 is 0 Å². The summed E-state index contributed by atoms with van der Waals surface area (Å²) >= 11 is 1.57. The molecule has 0 saturated carbocycles. The van der Waals surface area contributed by atoms with E-state index in [2.05, 4.69) is 30.9 Å². The first kappa shape index (κ1) is 24.4. The number of anilines is 1. The van der Waals surface area contributed by atoms with Gasteiger partial charge in [0.15, 0.2) is 5.13 Å². The van der Waals surface area contributed by atoms with Crippen molar-refractivity contribution < 1.29 is 14.3 Å². The molecule has 1 saturated heterocycles. The minimum atomic E-state index is -0.0667. The lowest BCUT2D eigenvalue weighted by molar-refractivity contribution is 0.0376. The van der Waals surface area contributed by atoms with Crippen molar-refractivity contribution in [2.45, 2.75) is 20.3 Å². The third-order valence-electron chi connectivity index (χ3n) is 6.49. The van der Waals surface area contributed by atoms with Crippen molar-refractivity contribution in [2.75, 3.05) is 44.3 Å². The number of para-hydroxylation sites is 1. The zero-order valence-corrected chi connectivity index (χ0v) is 21.6. The molecule has 0 unspecified atom stereocenters. The highest BCUT2D eigenvalue weighted by Crippen LogP contribution is 2.32. The second kappa shape index (κ2) is 11.2. The molecule has 1 amide bonds. The van der Waals surface area contributed by atoms with Crippen LogP contribution in [0.2, 0.25) is 0 Å². The molecule has 1 aromatic heterocycles. The number of thiazole rings is 1. The Balaban J connectivity index is 1.40. The van der Waals surface area contributed by atoms with Crippen LogP contribution in [0.15, 0.2) is 66.7 Å². The number of hydrogen-bond acceptors (Lipinski definition) is 6. The van der Waals surface area contributed by atoms with E-state index in [9.17, 15) is 4.79 Å². The predicted octanol–water partition coefficient (Wildman–Crippen LogP) is 6.07. The first-order valence-electron chi connectivity index (χ1n) is 12.4. The van der Waals surface area contributed by atoms with Crippen LogP contribution in [0.1, 0.15) is 27.9 Å². The van der Waals surface area contributed by atoms with Crippen molar-refractivity contribution in [2.24, 2.45) is 0 Å². The molecule has 6 nitrogen and oxygen atoms in total. The number of morpholine rings is 1. The van der Waals surface area contributed by atoms with Crippen molar-refractivity contribution in [3.8, 4) is 11.5 Å². The molecule has 186 valence electrons. The summed E-state index contributed by atoms with van der Waals surface area (Å²) < 4.78 is 12.6. The number of hydrogen-bond donors (Lipinski definition) is 0. The first-order valence-corrected chi connectivity index (χ1v) is 13.2. The minimum absolute atomic E-state index is 0.0667. The molecule has 0 bridgehead atoms. The van der Waals surface area contributed by atoms with Gasteiger partial charge >= 0.3 is 0 Å². The number of benzene rings is 3. The molecule has 1 aliphatic rings. The summed E-state index contributed by atoms with van der Waals surface area (Å²) in [6.07, 6.45) is 0.861. The molecule has 0 N–H and O–H groups in total. The third kappa shape index (κ3) is 5.75. The third-order valence-corrected chi connectivity index (χ3v) is 7.53. The van der Waals surface area contributed by atoms with Crippen LogP contribution in [-0.4, -0.2) is 55.2 Å². The molecule has 4 aromatic rings. The van der Waals surface area contributed by atoms with Crippen molar-refractivity contribution in [3.05, 3.63) is 83.4 Å². The number of amides is 1. The fourth-order valence-corrected chi connectivity index (χ4v) is 5.39. The molecule has 0 atom stereocenters. The van der Waals surface area contributed by atoms with E-state index in [1.165, 1.54) is 11.1 Å². The molecule has 2 heterocycles. The predicted molar refractivity (Wildman–Crippen MR) is 146 cm³/mol. The Kier molecular flexibility index (Phi) is 7.60. The monoisotopic (exact) mass is 501 g/mol. The van der Waals surface area contributed by atoms with Crippen molar-refractivity contribution in [3.63, 3.8) is 0 Å². The smallest absolute Gasteiger partial charge is 0.260 e. The number of rotatable bonds is 8. The molecule has 0 aliphatic carbocycles. The largest absolute Gasteiger partial charge is 0.457 e. The highest BCUT2D eigenvalue weighted by Gasteiger charge is 2.22. The van der Waals surface area contributed by atoms with Crippen molar-refractivity contribution in [1.29, 1.82) is 0 Å². The van der Waals surface area contributed by atoms with Gasteiger partial charge in [0, 0.05) is 31.7 Å². The summed E-state index contributed by atoms with van der Waals surface area (Å²) in [5.41, 5.74) is 3.95. The Bertz CT molecular complexity index is 1290. The van der Waals surface area contributed by atoms with E-state index in [1.54, 1.807) is 11.3 Å². The summed E-state index contributed by atoms with van der Waals surface area (Å²) in [5.74, 6) is 1.31. The molecule has 7 heteroatoms. The Hall–Kier alpha value is -3.26. The van der Waals surface area contributed by atoms with Gasteiger partial charge in [0.1, 0.15) is 11.5 Å². The normalized spacial score (nSPS) is 14.2. The maximum Gasteiger partial charge on any atom is 0.260 e. The molecule has 1 aliphatic heterocycles.